The van der Waals surface area contributed by atoms with Crippen molar-refractivity contribution in [1.29, 1.82) is 0 Å². The van der Waals surface area contributed by atoms with Crippen LogP contribution in [0.4, 0.5) is 25.0 Å². The second-order valence-electron chi connectivity index (χ2n) is 7.80. The van der Waals surface area contributed by atoms with Gasteiger partial charge in [-0.05, 0) is 35.2 Å². The Labute approximate surface area is 158 Å². The molecule has 0 spiro atoms. The molecule has 0 saturated carbocycles. The van der Waals surface area contributed by atoms with E-state index in [1.54, 1.807) is 4.90 Å². The number of rotatable bonds is 2. The Bertz CT molecular complexity index is 787. The number of carbonyl (C=O) groups excluding carboxylic acids is 1. The molecule has 0 bridgehead atoms. The number of benzene rings is 2. The second kappa shape index (κ2) is 7.55. The van der Waals surface area contributed by atoms with Crippen molar-refractivity contribution < 1.29 is 13.6 Å². The molecule has 1 heterocycles. The molecule has 3 rings (SSSR count). The molecule has 2 aromatic carbocycles. The van der Waals surface area contributed by atoms with Gasteiger partial charge in [-0.3, -0.25) is 0 Å². The van der Waals surface area contributed by atoms with E-state index in [2.05, 4.69) is 55.3 Å². The molecule has 0 atom stereocenters. The molecule has 1 saturated heterocycles. The van der Waals surface area contributed by atoms with E-state index in [9.17, 15) is 13.6 Å². The predicted octanol–water partition coefficient (Wildman–Crippen LogP) is 4.62. The number of amides is 2. The summed E-state index contributed by atoms with van der Waals surface area (Å²) < 4.78 is 27.4. The highest BCUT2D eigenvalue weighted by molar-refractivity contribution is 5.89. The Morgan fingerprint density at radius 1 is 0.926 bits per heavy atom. The summed E-state index contributed by atoms with van der Waals surface area (Å²) in [6, 6.07) is 11.5. The Morgan fingerprint density at radius 3 is 2.00 bits per heavy atom. The molecule has 1 fully saturated rings. The number of hydrogen-bond donors (Lipinski definition) is 1. The third kappa shape index (κ3) is 4.38. The van der Waals surface area contributed by atoms with E-state index in [0.29, 0.717) is 26.2 Å². The van der Waals surface area contributed by atoms with Crippen LogP contribution in [0.2, 0.25) is 0 Å². The second-order valence-corrected chi connectivity index (χ2v) is 7.80. The summed E-state index contributed by atoms with van der Waals surface area (Å²) in [6.07, 6.45) is 0. The van der Waals surface area contributed by atoms with Crippen LogP contribution in [0.15, 0.2) is 42.5 Å². The van der Waals surface area contributed by atoms with Crippen molar-refractivity contribution in [2.24, 2.45) is 0 Å². The average molecular weight is 373 g/mol. The van der Waals surface area contributed by atoms with E-state index in [0.717, 1.165) is 17.8 Å². The van der Waals surface area contributed by atoms with Gasteiger partial charge in [0.15, 0.2) is 0 Å². The zero-order chi connectivity index (χ0) is 19.6. The van der Waals surface area contributed by atoms with Gasteiger partial charge in [-0.15, -0.1) is 0 Å². The van der Waals surface area contributed by atoms with E-state index in [1.165, 1.54) is 11.6 Å². The summed E-state index contributed by atoms with van der Waals surface area (Å²) in [5.41, 5.74) is 2.10. The van der Waals surface area contributed by atoms with Crippen molar-refractivity contribution >= 4 is 17.4 Å². The van der Waals surface area contributed by atoms with E-state index in [4.69, 9.17) is 0 Å². The van der Waals surface area contributed by atoms with Gasteiger partial charge in [0.1, 0.15) is 17.3 Å². The quantitative estimate of drug-likeness (QED) is 0.834. The van der Waals surface area contributed by atoms with Gasteiger partial charge in [-0.25, -0.2) is 13.6 Å². The molecule has 0 aromatic heterocycles. The zero-order valence-electron chi connectivity index (χ0n) is 15.9. The van der Waals surface area contributed by atoms with Gasteiger partial charge < -0.3 is 15.1 Å². The normalized spacial score (nSPS) is 15.0. The third-order valence-corrected chi connectivity index (χ3v) is 4.86. The molecule has 1 aliphatic rings. The topological polar surface area (TPSA) is 35.6 Å². The predicted molar refractivity (Wildman–Crippen MR) is 104 cm³/mol. The molecule has 2 amide bonds. The molecule has 0 radical (unpaired) electrons. The van der Waals surface area contributed by atoms with Gasteiger partial charge in [0, 0.05) is 31.9 Å². The maximum Gasteiger partial charge on any atom is 0.322 e. The lowest BCUT2D eigenvalue weighted by Crippen LogP contribution is -2.50. The van der Waals surface area contributed by atoms with Crippen molar-refractivity contribution in [3.05, 3.63) is 59.7 Å². The van der Waals surface area contributed by atoms with Crippen LogP contribution in [0.1, 0.15) is 26.3 Å². The maximum atomic E-state index is 13.7. The van der Waals surface area contributed by atoms with Gasteiger partial charge in [-0.1, -0.05) is 39.0 Å². The number of para-hydroxylation sites is 1. The Kier molecular flexibility index (Phi) is 5.35. The first-order valence-electron chi connectivity index (χ1n) is 9.11. The lowest BCUT2D eigenvalue weighted by molar-refractivity contribution is 0.208. The number of hydrogen-bond acceptors (Lipinski definition) is 2. The fourth-order valence-corrected chi connectivity index (χ4v) is 3.14. The van der Waals surface area contributed by atoms with Crippen LogP contribution < -0.4 is 10.2 Å². The minimum absolute atomic E-state index is 0.108. The molecular weight excluding hydrogens is 348 g/mol. The van der Waals surface area contributed by atoms with Gasteiger partial charge in [0.25, 0.3) is 0 Å². The Hall–Kier alpha value is -2.63. The van der Waals surface area contributed by atoms with E-state index >= 15 is 0 Å². The monoisotopic (exact) mass is 373 g/mol. The smallest absolute Gasteiger partial charge is 0.322 e. The van der Waals surface area contributed by atoms with Crippen molar-refractivity contribution in [2.45, 2.75) is 26.2 Å². The number of halogens is 2. The van der Waals surface area contributed by atoms with Crippen LogP contribution >= 0.6 is 0 Å². The number of anilines is 2. The third-order valence-electron chi connectivity index (χ3n) is 4.86. The first-order valence-corrected chi connectivity index (χ1v) is 9.11. The minimum atomic E-state index is -0.777. The summed E-state index contributed by atoms with van der Waals surface area (Å²) in [4.78, 5) is 16.1. The van der Waals surface area contributed by atoms with Crippen LogP contribution in [0.3, 0.4) is 0 Å². The van der Waals surface area contributed by atoms with Gasteiger partial charge in [0.05, 0.1) is 0 Å². The number of nitrogens with zero attached hydrogens (tertiary/aromatic N) is 2. The van der Waals surface area contributed by atoms with Gasteiger partial charge in [-0.2, -0.15) is 0 Å². The molecule has 0 unspecified atom stereocenters. The van der Waals surface area contributed by atoms with Gasteiger partial charge in [0.2, 0.25) is 0 Å². The zero-order valence-corrected chi connectivity index (χ0v) is 15.9. The molecule has 0 aliphatic carbocycles. The molecular formula is C21H25F2N3O. The fraction of sp³-hybridized carbons (Fsp3) is 0.381. The van der Waals surface area contributed by atoms with Crippen molar-refractivity contribution in [1.82, 2.24) is 4.90 Å². The van der Waals surface area contributed by atoms with E-state index < -0.39 is 23.4 Å². The summed E-state index contributed by atoms with van der Waals surface area (Å²) in [6.45, 7) is 8.85. The van der Waals surface area contributed by atoms with Gasteiger partial charge >= 0.3 is 6.03 Å². The average Bonchev–Trinajstić information content (AvgIpc) is 2.64. The molecule has 4 nitrogen and oxygen atoms in total. The lowest BCUT2D eigenvalue weighted by Gasteiger charge is -2.36. The van der Waals surface area contributed by atoms with Crippen LogP contribution in [-0.4, -0.2) is 37.1 Å². The first kappa shape index (κ1) is 19.1. The highest BCUT2D eigenvalue weighted by Crippen LogP contribution is 2.25. The summed E-state index contributed by atoms with van der Waals surface area (Å²) in [5, 5.41) is 2.35. The summed E-state index contributed by atoms with van der Waals surface area (Å²) in [5.74, 6) is -1.55. The summed E-state index contributed by atoms with van der Waals surface area (Å²) in [7, 11) is 0. The molecule has 2 aromatic rings. The molecule has 6 heteroatoms. The first-order chi connectivity index (χ1) is 12.8. The Balaban J connectivity index is 1.59. The molecule has 1 N–H and O–H groups in total. The van der Waals surface area contributed by atoms with E-state index in [-0.39, 0.29) is 5.41 Å². The highest BCUT2D eigenvalue weighted by Gasteiger charge is 2.23. The lowest BCUT2D eigenvalue weighted by atomic mass is 9.87. The largest absolute Gasteiger partial charge is 0.368 e. The number of nitrogens with one attached hydrogen (secondary N) is 1. The summed E-state index contributed by atoms with van der Waals surface area (Å²) >= 11 is 0. The van der Waals surface area contributed by atoms with Crippen LogP contribution in [0, 0.1) is 11.6 Å². The number of urea groups is 1. The highest BCUT2D eigenvalue weighted by atomic mass is 19.1. The van der Waals surface area contributed by atoms with Crippen molar-refractivity contribution in [3.8, 4) is 0 Å². The van der Waals surface area contributed by atoms with E-state index in [1.807, 2.05) is 0 Å². The Morgan fingerprint density at radius 2 is 1.48 bits per heavy atom. The van der Waals surface area contributed by atoms with Crippen LogP contribution in [0.25, 0.3) is 0 Å². The van der Waals surface area contributed by atoms with Crippen molar-refractivity contribution in [2.75, 3.05) is 36.4 Å². The number of carbonyl (C=O) groups is 1. The fourth-order valence-electron chi connectivity index (χ4n) is 3.14. The molecule has 27 heavy (non-hydrogen) atoms. The molecule has 1 aliphatic heterocycles. The van der Waals surface area contributed by atoms with Crippen molar-refractivity contribution in [3.63, 3.8) is 0 Å². The maximum absolute atomic E-state index is 13.7. The standard InChI is InChI=1S/C21H25F2N3O/c1-21(2,3)15-7-9-16(10-8-15)25-11-13-26(14-12-25)20(27)24-19-17(22)5-4-6-18(19)23/h4-10H,11-14H2,1-3H3,(H,24,27). The number of piperazine rings is 1. The van der Waals surface area contributed by atoms with Crippen LogP contribution in [-0.2, 0) is 5.41 Å². The molecule has 144 valence electrons. The SMILES string of the molecule is CC(C)(C)c1ccc(N2CCN(C(=O)Nc3c(F)cccc3F)CC2)cc1. The minimum Gasteiger partial charge on any atom is -0.368 e. The van der Waals surface area contributed by atoms with Crippen LogP contribution in [0.5, 0.6) is 0 Å².